The van der Waals surface area contributed by atoms with E-state index in [9.17, 15) is 23.3 Å². The molecule has 2 aromatic carbocycles. The van der Waals surface area contributed by atoms with Gasteiger partial charge in [-0.25, -0.2) is 13.2 Å². The van der Waals surface area contributed by atoms with Crippen molar-refractivity contribution >= 4 is 56.1 Å². The molecule has 0 spiro atoms. The van der Waals surface area contributed by atoms with Crippen LogP contribution in [0.1, 0.15) is 15.9 Å². The monoisotopic (exact) mass is 548 g/mol. The third-order valence-electron chi connectivity index (χ3n) is 4.41. The van der Waals surface area contributed by atoms with Gasteiger partial charge in [0.1, 0.15) is 17.4 Å². The summed E-state index contributed by atoms with van der Waals surface area (Å²) in [6.07, 6.45) is 2.18. The minimum Gasteiger partial charge on any atom is -0.493 e. The van der Waals surface area contributed by atoms with Crippen molar-refractivity contribution in [3.63, 3.8) is 0 Å². The number of methoxy groups -OCH3 is 2. The van der Waals surface area contributed by atoms with Gasteiger partial charge in [-0.15, -0.1) is 0 Å². The number of esters is 1. The first-order chi connectivity index (χ1) is 17.0. The maximum Gasteiger partial charge on any atom is 0.343 e. The molecule has 14 heteroatoms. The number of benzene rings is 2. The van der Waals surface area contributed by atoms with E-state index in [4.69, 9.17) is 25.8 Å². The van der Waals surface area contributed by atoms with E-state index >= 15 is 0 Å². The Kier molecular flexibility index (Phi) is 8.25. The van der Waals surface area contributed by atoms with Crippen molar-refractivity contribution in [2.75, 3.05) is 25.8 Å². The smallest absolute Gasteiger partial charge is 0.343 e. The number of carbonyl (C=O) groups is 2. The van der Waals surface area contributed by atoms with Crippen LogP contribution in [0.4, 0.5) is 5.13 Å². The Labute approximate surface area is 215 Å². The molecule has 0 radical (unpaired) electrons. The Morgan fingerprint density at radius 2 is 1.81 bits per heavy atom. The molecule has 11 nitrogen and oxygen atoms in total. The average Bonchev–Trinajstić information content (AvgIpc) is 3.32. The summed E-state index contributed by atoms with van der Waals surface area (Å²) >= 11 is 6.90. The second kappa shape index (κ2) is 11.2. The summed E-state index contributed by atoms with van der Waals surface area (Å²) < 4.78 is 42.3. The lowest BCUT2D eigenvalue weighted by molar-refractivity contribution is -0.112. The van der Waals surface area contributed by atoms with Crippen LogP contribution in [-0.4, -0.2) is 50.1 Å². The van der Waals surface area contributed by atoms with Crippen molar-refractivity contribution in [1.29, 1.82) is 5.26 Å². The number of amides is 1. The predicted molar refractivity (Wildman–Crippen MR) is 131 cm³/mol. The average molecular weight is 549 g/mol. The van der Waals surface area contributed by atoms with Crippen LogP contribution in [0.2, 0.25) is 5.02 Å². The van der Waals surface area contributed by atoms with Crippen LogP contribution in [0.5, 0.6) is 17.2 Å². The Bertz CT molecular complexity index is 1510. The SMILES string of the molecule is COc1ccc(C(=O)Oc2ccc(C=C(C#N)C(=O)Nc3nc(S(C)(=O)=O)ns3)cc2Cl)cc1OC. The van der Waals surface area contributed by atoms with E-state index in [1.54, 1.807) is 12.1 Å². The van der Waals surface area contributed by atoms with Crippen molar-refractivity contribution < 1.29 is 32.2 Å². The standard InChI is InChI=1S/C22H17ClN4O7S2/c1-32-17-7-5-13(10-18(17)33-2)20(29)34-16-6-4-12(9-15(16)23)8-14(11-24)19(28)25-21-26-22(27-35-21)36(3,30)31/h4-10H,1-3H3,(H,25,26,27,28). The summed E-state index contributed by atoms with van der Waals surface area (Å²) in [4.78, 5) is 28.7. The molecule has 36 heavy (non-hydrogen) atoms. The number of aromatic nitrogens is 2. The summed E-state index contributed by atoms with van der Waals surface area (Å²) in [5.41, 5.74) is 0.260. The molecule has 0 saturated heterocycles. The van der Waals surface area contributed by atoms with Gasteiger partial charge in [0, 0.05) is 17.8 Å². The summed E-state index contributed by atoms with van der Waals surface area (Å²) in [7, 11) is -0.732. The van der Waals surface area contributed by atoms with Crippen LogP contribution in [0.25, 0.3) is 6.08 Å². The maximum absolute atomic E-state index is 12.5. The third-order valence-corrected chi connectivity index (χ3v) is 6.30. The summed E-state index contributed by atoms with van der Waals surface area (Å²) in [5, 5.41) is 11.2. The topological polar surface area (TPSA) is 158 Å². The molecule has 0 bridgehead atoms. The summed E-state index contributed by atoms with van der Waals surface area (Å²) in [6, 6.07) is 10.6. The zero-order valence-corrected chi connectivity index (χ0v) is 21.3. The van der Waals surface area contributed by atoms with Gasteiger partial charge in [-0.1, -0.05) is 17.7 Å². The van der Waals surface area contributed by atoms with Crippen LogP contribution in [0.3, 0.4) is 0 Å². The van der Waals surface area contributed by atoms with Gasteiger partial charge >= 0.3 is 5.97 Å². The first kappa shape index (κ1) is 26.6. The molecule has 0 saturated carbocycles. The summed E-state index contributed by atoms with van der Waals surface area (Å²) in [6.45, 7) is 0. The Morgan fingerprint density at radius 1 is 1.11 bits per heavy atom. The molecule has 0 atom stereocenters. The summed E-state index contributed by atoms with van der Waals surface area (Å²) in [5.74, 6) is -0.666. The van der Waals surface area contributed by atoms with Crippen molar-refractivity contribution in [3.05, 3.63) is 58.1 Å². The minimum absolute atomic E-state index is 0.0530. The molecule has 0 unspecified atom stereocenters. The molecular formula is C22H17ClN4O7S2. The third kappa shape index (κ3) is 6.36. The van der Waals surface area contributed by atoms with Crippen molar-refractivity contribution in [1.82, 2.24) is 9.36 Å². The fraction of sp³-hybridized carbons (Fsp3) is 0.136. The van der Waals surface area contributed by atoms with E-state index < -0.39 is 26.9 Å². The van der Waals surface area contributed by atoms with E-state index in [2.05, 4.69) is 14.7 Å². The van der Waals surface area contributed by atoms with Gasteiger partial charge in [0.15, 0.2) is 11.5 Å². The van der Waals surface area contributed by atoms with Crippen LogP contribution in [0.15, 0.2) is 47.1 Å². The molecule has 186 valence electrons. The highest BCUT2D eigenvalue weighted by Crippen LogP contribution is 2.30. The number of carbonyl (C=O) groups excluding carboxylic acids is 2. The fourth-order valence-corrected chi connectivity index (χ4v) is 4.37. The van der Waals surface area contributed by atoms with Gasteiger partial charge < -0.3 is 14.2 Å². The molecule has 1 amide bonds. The number of nitriles is 1. The van der Waals surface area contributed by atoms with Gasteiger partial charge in [0.25, 0.3) is 11.1 Å². The van der Waals surface area contributed by atoms with E-state index in [0.29, 0.717) is 28.6 Å². The number of rotatable bonds is 8. The number of sulfone groups is 1. The van der Waals surface area contributed by atoms with Crippen LogP contribution >= 0.6 is 23.1 Å². The van der Waals surface area contributed by atoms with E-state index in [-0.39, 0.29) is 27.0 Å². The van der Waals surface area contributed by atoms with E-state index in [1.807, 2.05) is 0 Å². The van der Waals surface area contributed by atoms with Gasteiger partial charge in [0.05, 0.1) is 24.8 Å². The molecule has 1 heterocycles. The molecule has 0 aliphatic heterocycles. The first-order valence-corrected chi connectivity index (χ1v) is 12.8. The van der Waals surface area contributed by atoms with Gasteiger partial charge in [-0.3, -0.25) is 10.1 Å². The second-order valence-electron chi connectivity index (χ2n) is 6.93. The van der Waals surface area contributed by atoms with Crippen LogP contribution in [-0.2, 0) is 14.6 Å². The number of ether oxygens (including phenoxy) is 3. The van der Waals surface area contributed by atoms with Gasteiger partial charge in [0.2, 0.25) is 15.0 Å². The number of anilines is 1. The quantitative estimate of drug-likeness (QED) is 0.191. The molecule has 0 aliphatic rings. The molecule has 1 aromatic heterocycles. The normalized spacial score (nSPS) is 11.4. The molecule has 3 aromatic rings. The Balaban J connectivity index is 1.75. The van der Waals surface area contributed by atoms with E-state index in [1.165, 1.54) is 50.6 Å². The highest BCUT2D eigenvalue weighted by Gasteiger charge is 2.18. The Morgan fingerprint density at radius 3 is 2.39 bits per heavy atom. The maximum atomic E-state index is 12.5. The van der Waals surface area contributed by atoms with Crippen molar-refractivity contribution in [2.24, 2.45) is 0 Å². The highest BCUT2D eigenvalue weighted by molar-refractivity contribution is 7.90. The number of hydrogen-bond acceptors (Lipinski definition) is 11. The lowest BCUT2D eigenvalue weighted by atomic mass is 10.1. The predicted octanol–water partition coefficient (Wildman–Crippen LogP) is 3.38. The largest absolute Gasteiger partial charge is 0.493 e. The molecule has 0 aliphatic carbocycles. The lowest BCUT2D eigenvalue weighted by Gasteiger charge is -2.10. The lowest BCUT2D eigenvalue weighted by Crippen LogP contribution is -2.13. The fourth-order valence-electron chi connectivity index (χ4n) is 2.70. The van der Waals surface area contributed by atoms with Crippen molar-refractivity contribution in [3.8, 4) is 23.3 Å². The first-order valence-electron chi connectivity index (χ1n) is 9.76. The minimum atomic E-state index is -3.64. The number of nitrogens with one attached hydrogen (secondary N) is 1. The zero-order valence-electron chi connectivity index (χ0n) is 18.9. The molecular weight excluding hydrogens is 532 g/mol. The highest BCUT2D eigenvalue weighted by atomic mass is 35.5. The van der Waals surface area contributed by atoms with Crippen LogP contribution < -0.4 is 19.5 Å². The molecule has 1 N–H and O–H groups in total. The number of hydrogen-bond donors (Lipinski definition) is 1. The number of halogens is 1. The van der Waals surface area contributed by atoms with Crippen molar-refractivity contribution in [2.45, 2.75) is 5.16 Å². The van der Waals surface area contributed by atoms with Crippen LogP contribution in [0, 0.1) is 11.3 Å². The second-order valence-corrected chi connectivity index (χ2v) is 10.00. The molecule has 3 rings (SSSR count). The van der Waals surface area contributed by atoms with Gasteiger partial charge in [-0.05, 0) is 42.0 Å². The Hall–Kier alpha value is -3.99. The molecule has 0 fully saturated rings. The number of nitrogens with zero attached hydrogens (tertiary/aromatic N) is 3. The zero-order chi connectivity index (χ0) is 26.5. The van der Waals surface area contributed by atoms with Gasteiger partial charge in [-0.2, -0.15) is 14.6 Å². The van der Waals surface area contributed by atoms with E-state index in [0.717, 1.165) is 6.26 Å².